The Hall–Kier alpha value is -2.27. The summed E-state index contributed by atoms with van der Waals surface area (Å²) in [7, 11) is -2.66. The van der Waals surface area contributed by atoms with Crippen LogP contribution < -0.4 is 0 Å². The van der Waals surface area contributed by atoms with Gasteiger partial charge in [-0.05, 0) is 29.1 Å². The van der Waals surface area contributed by atoms with Gasteiger partial charge in [0, 0.05) is 13.1 Å². The summed E-state index contributed by atoms with van der Waals surface area (Å²) in [5, 5.41) is 14.2. The number of hydroxylamine groups is 1. The summed E-state index contributed by atoms with van der Waals surface area (Å²) >= 11 is 0. The highest BCUT2D eigenvalue weighted by molar-refractivity contribution is 7.89. The Morgan fingerprint density at radius 1 is 1.39 bits per heavy atom. The molecule has 126 valence electrons. The van der Waals surface area contributed by atoms with Crippen LogP contribution in [-0.4, -0.2) is 61.8 Å². The summed E-state index contributed by atoms with van der Waals surface area (Å²) in [4.78, 5) is 17.3. The van der Waals surface area contributed by atoms with E-state index in [1.807, 2.05) is 0 Å². The van der Waals surface area contributed by atoms with Gasteiger partial charge in [-0.1, -0.05) is 0 Å². The number of amides is 1. The highest BCUT2D eigenvalue weighted by atomic mass is 32.2. The molecule has 1 fully saturated rings. The highest BCUT2D eigenvalue weighted by Gasteiger charge is 2.34. The molecule has 2 rings (SSSR count). The van der Waals surface area contributed by atoms with Crippen molar-refractivity contribution >= 4 is 15.9 Å². The zero-order valence-electron chi connectivity index (χ0n) is 12.3. The van der Waals surface area contributed by atoms with Crippen LogP contribution in [-0.2, 0) is 19.7 Å². The lowest BCUT2D eigenvalue weighted by atomic mass is 10.4. The molecule has 0 unspecified atom stereocenters. The molecule has 9 nitrogen and oxygen atoms in total. The number of carbonyl (C=O) groups excluding carboxylic acids is 1. The Kier molecular flexibility index (Phi) is 5.11. The summed E-state index contributed by atoms with van der Waals surface area (Å²) in [5.74, 6) is -1.11. The first-order chi connectivity index (χ1) is 10.8. The third-order valence-corrected chi connectivity index (χ3v) is 5.04. The average molecular weight is 346 g/mol. The number of hydrogen-bond acceptors (Lipinski definition) is 6. The minimum atomic E-state index is -3.83. The van der Waals surface area contributed by atoms with Crippen molar-refractivity contribution in [3.8, 4) is 0 Å². The van der Waals surface area contributed by atoms with Crippen molar-refractivity contribution in [2.75, 3.05) is 33.4 Å². The number of nitrogens with zero attached hydrogens (tertiary/aromatic N) is 4. The van der Waals surface area contributed by atoms with Crippen molar-refractivity contribution in [2.24, 2.45) is 5.28 Å². The van der Waals surface area contributed by atoms with Crippen molar-refractivity contribution in [1.29, 1.82) is 0 Å². The van der Waals surface area contributed by atoms with Crippen LogP contribution in [0.5, 0.6) is 0 Å². The van der Waals surface area contributed by atoms with E-state index in [2.05, 4.69) is 10.1 Å². The number of halogens is 1. The van der Waals surface area contributed by atoms with Crippen LogP contribution in [0.3, 0.4) is 0 Å². The van der Waals surface area contributed by atoms with Gasteiger partial charge in [0.2, 0.25) is 10.0 Å². The van der Waals surface area contributed by atoms with E-state index in [-0.39, 0.29) is 29.5 Å². The van der Waals surface area contributed by atoms with E-state index in [1.165, 1.54) is 12.0 Å². The molecular weight excluding hydrogens is 331 g/mol. The van der Waals surface area contributed by atoms with Gasteiger partial charge in [-0.3, -0.25) is 4.79 Å². The van der Waals surface area contributed by atoms with Crippen LogP contribution in [0.25, 0.3) is 0 Å². The molecule has 0 spiro atoms. The topological polar surface area (TPSA) is 105 Å². The van der Waals surface area contributed by atoms with E-state index < -0.39 is 28.3 Å². The van der Waals surface area contributed by atoms with E-state index in [1.54, 1.807) is 0 Å². The third kappa shape index (κ3) is 3.93. The van der Waals surface area contributed by atoms with Gasteiger partial charge in [0.1, 0.15) is 12.9 Å². The maximum atomic E-state index is 12.9. The van der Waals surface area contributed by atoms with Crippen LogP contribution in [0.4, 0.5) is 4.39 Å². The molecule has 11 heteroatoms. The maximum absolute atomic E-state index is 12.9. The number of rotatable bonds is 5. The molecule has 0 radical (unpaired) electrons. The van der Waals surface area contributed by atoms with E-state index in [0.717, 1.165) is 28.6 Å². The Morgan fingerprint density at radius 3 is 2.65 bits per heavy atom. The molecule has 0 aliphatic carbocycles. The second-order valence-corrected chi connectivity index (χ2v) is 6.65. The number of sulfonamides is 1. The summed E-state index contributed by atoms with van der Waals surface area (Å²) < 4.78 is 38.8. The van der Waals surface area contributed by atoms with Crippen molar-refractivity contribution in [1.82, 2.24) is 9.21 Å². The largest absolute Gasteiger partial charge is 0.597 e. The van der Waals surface area contributed by atoms with Gasteiger partial charge < -0.3 is 14.9 Å². The lowest BCUT2D eigenvalue weighted by Gasteiger charge is -2.17. The second kappa shape index (κ2) is 6.87. The predicted octanol–water partition coefficient (Wildman–Crippen LogP) is 0.140. The zero-order valence-corrected chi connectivity index (χ0v) is 13.1. The van der Waals surface area contributed by atoms with Crippen LogP contribution >= 0.6 is 0 Å². The Balaban J connectivity index is 2.05. The average Bonchev–Trinajstić information content (AvgIpc) is 2.98. The molecule has 0 saturated carbocycles. The van der Waals surface area contributed by atoms with E-state index >= 15 is 0 Å². The van der Waals surface area contributed by atoms with Gasteiger partial charge in [0.05, 0.1) is 11.6 Å². The molecule has 1 saturated heterocycles. The van der Waals surface area contributed by atoms with Crippen molar-refractivity contribution in [3.63, 3.8) is 0 Å². The van der Waals surface area contributed by atoms with E-state index in [9.17, 15) is 22.8 Å². The van der Waals surface area contributed by atoms with Gasteiger partial charge in [-0.25, -0.2) is 12.8 Å². The molecule has 23 heavy (non-hydrogen) atoms. The summed E-state index contributed by atoms with van der Waals surface area (Å²) in [6.45, 7) is -0.510. The fraction of sp³-hybridized carbons (Fsp3) is 0.417. The van der Waals surface area contributed by atoms with E-state index in [0.29, 0.717) is 0 Å². The number of benzene rings is 1. The van der Waals surface area contributed by atoms with Crippen LogP contribution in [0.2, 0.25) is 0 Å². The standard InChI is InChI=1S/C12H15FN4O5S/c1-22-14-17(19)8-12(18)15-6-7-16(9-15)23(20,21)11-4-2-10(13)3-5-11/h2-5H,6-9H2,1H3/b17-14-. The molecule has 1 aromatic carbocycles. The third-order valence-electron chi connectivity index (χ3n) is 3.20. The van der Waals surface area contributed by atoms with Crippen molar-refractivity contribution in [3.05, 3.63) is 35.3 Å². The zero-order chi connectivity index (χ0) is 17.0. The number of carbonyl (C=O) groups is 1. The van der Waals surface area contributed by atoms with Gasteiger partial charge in [-0.2, -0.15) is 4.31 Å². The lowest BCUT2D eigenvalue weighted by molar-refractivity contribution is -0.547. The fourth-order valence-corrected chi connectivity index (χ4v) is 3.45. The van der Waals surface area contributed by atoms with Crippen LogP contribution in [0.15, 0.2) is 34.4 Å². The summed E-state index contributed by atoms with van der Waals surface area (Å²) in [6, 6.07) is 4.42. The Morgan fingerprint density at radius 2 is 2.04 bits per heavy atom. The first kappa shape index (κ1) is 17.1. The molecule has 0 aromatic heterocycles. The predicted molar refractivity (Wildman–Crippen MR) is 74.8 cm³/mol. The molecule has 1 heterocycles. The van der Waals surface area contributed by atoms with Crippen LogP contribution in [0, 0.1) is 11.0 Å². The van der Waals surface area contributed by atoms with Gasteiger partial charge >= 0.3 is 0 Å². The van der Waals surface area contributed by atoms with Crippen molar-refractivity contribution in [2.45, 2.75) is 4.90 Å². The highest BCUT2D eigenvalue weighted by Crippen LogP contribution is 2.19. The SMILES string of the molecule is CO/N=[N+](\[O-])CC(=O)N1CCN(S(=O)(=O)c2ccc(F)cc2)C1. The molecule has 1 aromatic rings. The summed E-state index contributed by atoms with van der Waals surface area (Å²) in [6.07, 6.45) is 0. The molecule has 0 bridgehead atoms. The first-order valence-electron chi connectivity index (χ1n) is 6.57. The molecule has 1 aliphatic heterocycles. The Labute approximate surface area is 132 Å². The van der Waals surface area contributed by atoms with Crippen LogP contribution in [0.1, 0.15) is 0 Å². The minimum absolute atomic E-state index is 0.0620. The maximum Gasteiger partial charge on any atom is 0.293 e. The quantitative estimate of drug-likeness (QED) is 0.428. The Bertz CT molecular complexity index is 707. The van der Waals surface area contributed by atoms with Gasteiger partial charge in [-0.15, -0.1) is 0 Å². The molecular formula is C12H15FN4O5S. The molecule has 0 atom stereocenters. The second-order valence-electron chi connectivity index (χ2n) is 4.71. The lowest BCUT2D eigenvalue weighted by Crippen LogP contribution is -2.37. The molecule has 0 N–H and O–H groups in total. The number of hydrogen-bond donors (Lipinski definition) is 0. The normalized spacial score (nSPS) is 16.6. The van der Waals surface area contributed by atoms with Gasteiger partial charge in [0.15, 0.2) is 5.28 Å². The first-order valence-corrected chi connectivity index (χ1v) is 8.01. The van der Waals surface area contributed by atoms with Gasteiger partial charge in [0.25, 0.3) is 12.5 Å². The monoisotopic (exact) mass is 346 g/mol. The van der Waals surface area contributed by atoms with E-state index in [4.69, 9.17) is 0 Å². The van der Waals surface area contributed by atoms with Crippen molar-refractivity contribution < 1.29 is 27.3 Å². The molecule has 1 amide bonds. The summed E-state index contributed by atoms with van der Waals surface area (Å²) in [5.41, 5.74) is 0. The minimum Gasteiger partial charge on any atom is -0.597 e. The molecule has 1 aliphatic rings. The fourth-order valence-electron chi connectivity index (χ4n) is 2.06. The smallest absolute Gasteiger partial charge is 0.293 e.